The van der Waals surface area contributed by atoms with Gasteiger partial charge in [0.2, 0.25) is 0 Å². The Morgan fingerprint density at radius 2 is 2.00 bits per heavy atom. The average molecular weight is 335 g/mol. The van der Waals surface area contributed by atoms with E-state index in [0.29, 0.717) is 23.5 Å². The zero-order chi connectivity index (χ0) is 14.5. The first kappa shape index (κ1) is 14.4. The SMILES string of the molecule is COC(=O)c1cccc(N)c1NCc1ccccc1Br. The third kappa shape index (κ3) is 3.11. The maximum absolute atomic E-state index is 11.7. The van der Waals surface area contributed by atoms with Crippen molar-refractivity contribution in [2.24, 2.45) is 0 Å². The van der Waals surface area contributed by atoms with Crippen LogP contribution in [0.1, 0.15) is 15.9 Å². The molecule has 4 nitrogen and oxygen atoms in total. The largest absolute Gasteiger partial charge is 0.465 e. The van der Waals surface area contributed by atoms with Crippen molar-refractivity contribution in [1.82, 2.24) is 0 Å². The van der Waals surface area contributed by atoms with Crippen molar-refractivity contribution in [2.45, 2.75) is 6.54 Å². The second kappa shape index (κ2) is 6.43. The minimum Gasteiger partial charge on any atom is -0.465 e. The van der Waals surface area contributed by atoms with Crippen LogP contribution >= 0.6 is 15.9 Å². The zero-order valence-corrected chi connectivity index (χ0v) is 12.6. The molecule has 0 amide bonds. The number of hydrogen-bond acceptors (Lipinski definition) is 4. The standard InChI is InChI=1S/C15H15BrN2O2/c1-20-15(19)11-6-4-8-13(17)14(11)18-9-10-5-2-3-7-12(10)16/h2-8,18H,9,17H2,1H3. The molecule has 5 heteroatoms. The number of anilines is 2. The number of methoxy groups -OCH3 is 1. The molecule has 0 fully saturated rings. The van der Waals surface area contributed by atoms with Gasteiger partial charge in [-0.1, -0.05) is 40.2 Å². The van der Waals surface area contributed by atoms with E-state index in [1.807, 2.05) is 24.3 Å². The fourth-order valence-corrected chi connectivity index (χ4v) is 2.30. The van der Waals surface area contributed by atoms with E-state index in [1.54, 1.807) is 18.2 Å². The van der Waals surface area contributed by atoms with E-state index in [-0.39, 0.29) is 0 Å². The molecule has 2 aromatic rings. The molecule has 0 aliphatic rings. The first-order chi connectivity index (χ1) is 9.63. The Kier molecular flexibility index (Phi) is 4.63. The van der Waals surface area contributed by atoms with Crippen LogP contribution in [0.5, 0.6) is 0 Å². The molecule has 20 heavy (non-hydrogen) atoms. The summed E-state index contributed by atoms with van der Waals surface area (Å²) in [6, 6.07) is 13.0. The van der Waals surface area contributed by atoms with Gasteiger partial charge in [-0.15, -0.1) is 0 Å². The van der Waals surface area contributed by atoms with Crippen molar-refractivity contribution in [2.75, 3.05) is 18.2 Å². The Morgan fingerprint density at radius 3 is 2.70 bits per heavy atom. The van der Waals surface area contributed by atoms with Crippen LogP contribution in [0.15, 0.2) is 46.9 Å². The Balaban J connectivity index is 2.25. The molecular formula is C15H15BrN2O2. The second-order valence-electron chi connectivity index (χ2n) is 4.21. The summed E-state index contributed by atoms with van der Waals surface area (Å²) in [5.74, 6) is -0.410. The molecule has 3 N–H and O–H groups in total. The van der Waals surface area contributed by atoms with Crippen LogP contribution in [0.3, 0.4) is 0 Å². The highest BCUT2D eigenvalue weighted by Crippen LogP contribution is 2.26. The Bertz CT molecular complexity index is 629. The Labute approximate surface area is 126 Å². The van der Waals surface area contributed by atoms with E-state index in [0.717, 1.165) is 10.0 Å². The Hall–Kier alpha value is -2.01. The minimum atomic E-state index is -0.410. The number of para-hydroxylation sites is 1. The molecule has 0 saturated heterocycles. The molecule has 0 atom stereocenters. The van der Waals surface area contributed by atoms with E-state index >= 15 is 0 Å². The van der Waals surface area contributed by atoms with Gasteiger partial charge in [0.15, 0.2) is 0 Å². The van der Waals surface area contributed by atoms with Gasteiger partial charge < -0.3 is 15.8 Å². The predicted molar refractivity (Wildman–Crippen MR) is 83.7 cm³/mol. The van der Waals surface area contributed by atoms with Crippen molar-refractivity contribution >= 4 is 33.3 Å². The van der Waals surface area contributed by atoms with Crippen LogP contribution in [0.4, 0.5) is 11.4 Å². The van der Waals surface area contributed by atoms with Crippen LogP contribution in [0.25, 0.3) is 0 Å². The second-order valence-corrected chi connectivity index (χ2v) is 5.06. The van der Waals surface area contributed by atoms with Crippen LogP contribution in [-0.2, 0) is 11.3 Å². The summed E-state index contributed by atoms with van der Waals surface area (Å²) in [7, 11) is 1.35. The highest BCUT2D eigenvalue weighted by Gasteiger charge is 2.14. The number of halogens is 1. The highest BCUT2D eigenvalue weighted by atomic mass is 79.9. The number of rotatable bonds is 4. The van der Waals surface area contributed by atoms with Crippen molar-refractivity contribution in [1.29, 1.82) is 0 Å². The van der Waals surface area contributed by atoms with E-state index in [9.17, 15) is 4.79 Å². The smallest absolute Gasteiger partial charge is 0.340 e. The molecule has 0 bridgehead atoms. The van der Waals surface area contributed by atoms with Crippen LogP contribution in [0, 0.1) is 0 Å². The molecule has 0 heterocycles. The third-order valence-electron chi connectivity index (χ3n) is 2.92. The van der Waals surface area contributed by atoms with Crippen molar-refractivity contribution in [3.63, 3.8) is 0 Å². The summed E-state index contributed by atoms with van der Waals surface area (Å²) in [5.41, 5.74) is 8.55. The van der Waals surface area contributed by atoms with Crippen molar-refractivity contribution in [3.05, 3.63) is 58.1 Å². The first-order valence-electron chi connectivity index (χ1n) is 6.07. The zero-order valence-electron chi connectivity index (χ0n) is 11.0. The molecule has 2 rings (SSSR count). The fraction of sp³-hybridized carbons (Fsp3) is 0.133. The van der Waals surface area contributed by atoms with Gasteiger partial charge in [-0.3, -0.25) is 0 Å². The lowest BCUT2D eigenvalue weighted by Crippen LogP contribution is -2.10. The molecule has 0 aliphatic heterocycles. The summed E-state index contributed by atoms with van der Waals surface area (Å²) in [4.78, 5) is 11.7. The molecular weight excluding hydrogens is 320 g/mol. The first-order valence-corrected chi connectivity index (χ1v) is 6.87. The number of nitrogens with two attached hydrogens (primary N) is 1. The molecule has 0 aromatic heterocycles. The van der Waals surface area contributed by atoms with Gasteiger partial charge in [0.25, 0.3) is 0 Å². The van der Waals surface area contributed by atoms with Crippen molar-refractivity contribution < 1.29 is 9.53 Å². The lowest BCUT2D eigenvalue weighted by molar-refractivity contribution is 0.0602. The molecule has 0 unspecified atom stereocenters. The molecule has 2 aromatic carbocycles. The summed E-state index contributed by atoms with van der Waals surface area (Å²) >= 11 is 3.49. The maximum Gasteiger partial charge on any atom is 0.340 e. The summed E-state index contributed by atoms with van der Waals surface area (Å²) in [6.45, 7) is 0.555. The van der Waals surface area contributed by atoms with E-state index in [4.69, 9.17) is 10.5 Å². The van der Waals surface area contributed by atoms with Gasteiger partial charge in [-0.05, 0) is 23.8 Å². The number of carbonyl (C=O) groups excluding carboxylic acids is 1. The topological polar surface area (TPSA) is 64.3 Å². The fourth-order valence-electron chi connectivity index (χ4n) is 1.87. The van der Waals surface area contributed by atoms with Gasteiger partial charge >= 0.3 is 5.97 Å². The minimum absolute atomic E-state index is 0.410. The normalized spacial score (nSPS) is 10.1. The maximum atomic E-state index is 11.7. The molecule has 0 radical (unpaired) electrons. The molecule has 0 aliphatic carbocycles. The number of nitrogen functional groups attached to an aromatic ring is 1. The lowest BCUT2D eigenvalue weighted by Gasteiger charge is -2.14. The van der Waals surface area contributed by atoms with Crippen LogP contribution in [0.2, 0.25) is 0 Å². The van der Waals surface area contributed by atoms with E-state index in [2.05, 4.69) is 21.2 Å². The van der Waals surface area contributed by atoms with Crippen LogP contribution in [-0.4, -0.2) is 13.1 Å². The number of benzene rings is 2. The predicted octanol–water partition coefficient (Wildman–Crippen LogP) is 3.43. The van der Waals surface area contributed by atoms with Gasteiger partial charge in [0.1, 0.15) is 0 Å². The molecule has 104 valence electrons. The summed E-state index contributed by atoms with van der Waals surface area (Å²) in [6.07, 6.45) is 0. The number of ether oxygens (including phenoxy) is 1. The molecule has 0 saturated carbocycles. The van der Waals surface area contributed by atoms with Gasteiger partial charge in [0.05, 0.1) is 24.0 Å². The summed E-state index contributed by atoms with van der Waals surface area (Å²) in [5, 5.41) is 3.20. The third-order valence-corrected chi connectivity index (χ3v) is 3.69. The van der Waals surface area contributed by atoms with E-state index in [1.165, 1.54) is 7.11 Å². The molecule has 0 spiro atoms. The number of nitrogens with one attached hydrogen (secondary N) is 1. The van der Waals surface area contributed by atoms with E-state index < -0.39 is 5.97 Å². The Morgan fingerprint density at radius 1 is 1.25 bits per heavy atom. The van der Waals surface area contributed by atoms with Crippen molar-refractivity contribution in [3.8, 4) is 0 Å². The summed E-state index contributed by atoms with van der Waals surface area (Å²) < 4.78 is 5.77. The number of carbonyl (C=O) groups is 1. The van der Waals surface area contributed by atoms with Crippen LogP contribution < -0.4 is 11.1 Å². The van der Waals surface area contributed by atoms with Gasteiger partial charge in [-0.2, -0.15) is 0 Å². The quantitative estimate of drug-likeness (QED) is 0.664. The highest BCUT2D eigenvalue weighted by molar-refractivity contribution is 9.10. The monoisotopic (exact) mass is 334 g/mol. The number of esters is 1. The van der Waals surface area contributed by atoms with Gasteiger partial charge in [0, 0.05) is 11.0 Å². The lowest BCUT2D eigenvalue weighted by atomic mass is 10.1. The average Bonchev–Trinajstić information content (AvgIpc) is 2.46. The number of hydrogen-bond donors (Lipinski definition) is 2. The van der Waals surface area contributed by atoms with Gasteiger partial charge in [-0.25, -0.2) is 4.79 Å².